The molecule has 1 N–H and O–H groups in total. The highest BCUT2D eigenvalue weighted by Crippen LogP contribution is 2.52. The monoisotopic (exact) mass is 253 g/mol. The van der Waals surface area contributed by atoms with Gasteiger partial charge in [-0.25, -0.2) is 8.78 Å². The third-order valence-electron chi connectivity index (χ3n) is 4.19. The van der Waals surface area contributed by atoms with E-state index in [9.17, 15) is 13.9 Å². The lowest BCUT2D eigenvalue weighted by molar-refractivity contribution is 0.0520. The molecule has 0 amide bonds. The fraction of sp³-hybridized carbons (Fsp3) is 0.571. The van der Waals surface area contributed by atoms with E-state index in [-0.39, 0.29) is 11.6 Å². The van der Waals surface area contributed by atoms with Gasteiger partial charge in [0.1, 0.15) is 11.6 Å². The van der Waals surface area contributed by atoms with Crippen molar-refractivity contribution in [2.24, 2.45) is 0 Å². The van der Waals surface area contributed by atoms with Crippen molar-refractivity contribution < 1.29 is 13.9 Å². The summed E-state index contributed by atoms with van der Waals surface area (Å²) in [5, 5.41) is 9.53. The van der Waals surface area contributed by atoms with Crippen molar-refractivity contribution in [2.45, 2.75) is 37.3 Å². The van der Waals surface area contributed by atoms with E-state index < -0.39 is 11.6 Å². The molecule has 1 saturated heterocycles. The number of benzene rings is 1. The number of hydrogen-bond donors (Lipinski definition) is 1. The molecular formula is C14H17F2NO. The Morgan fingerprint density at radius 2 is 1.61 bits per heavy atom. The minimum absolute atomic E-state index is 0.178. The van der Waals surface area contributed by atoms with Crippen LogP contribution in [0.3, 0.4) is 0 Å². The van der Waals surface area contributed by atoms with Crippen molar-refractivity contribution in [1.82, 2.24) is 4.90 Å². The van der Waals surface area contributed by atoms with Gasteiger partial charge in [-0.1, -0.05) is 0 Å². The molecule has 1 saturated carbocycles. The Bertz CT molecular complexity index is 431. The van der Waals surface area contributed by atoms with Crippen LogP contribution >= 0.6 is 0 Å². The summed E-state index contributed by atoms with van der Waals surface area (Å²) in [6, 6.07) is 3.81. The average molecular weight is 253 g/mol. The maximum absolute atomic E-state index is 13.3. The van der Waals surface area contributed by atoms with E-state index in [2.05, 4.69) is 4.90 Å². The average Bonchev–Trinajstić information content (AvgIpc) is 3.10. The van der Waals surface area contributed by atoms with Gasteiger partial charge in [0.05, 0.1) is 6.10 Å². The van der Waals surface area contributed by atoms with E-state index in [1.54, 1.807) is 0 Å². The topological polar surface area (TPSA) is 23.5 Å². The van der Waals surface area contributed by atoms with Crippen LogP contribution in [0, 0.1) is 11.6 Å². The van der Waals surface area contributed by atoms with E-state index >= 15 is 0 Å². The maximum Gasteiger partial charge on any atom is 0.126 e. The Morgan fingerprint density at radius 1 is 1.06 bits per heavy atom. The zero-order valence-corrected chi connectivity index (χ0v) is 10.2. The van der Waals surface area contributed by atoms with Gasteiger partial charge in [-0.3, -0.25) is 4.90 Å². The number of nitrogens with zero attached hydrogens (tertiary/aromatic N) is 1. The molecule has 2 fully saturated rings. The number of rotatable bonds is 2. The van der Waals surface area contributed by atoms with Gasteiger partial charge >= 0.3 is 0 Å². The highest BCUT2D eigenvalue weighted by molar-refractivity contribution is 5.31. The van der Waals surface area contributed by atoms with Gasteiger partial charge in [0, 0.05) is 24.7 Å². The molecule has 0 atom stereocenters. The summed E-state index contributed by atoms with van der Waals surface area (Å²) in [5.41, 5.74) is 0.569. The number of likely N-dealkylation sites (tertiary alicyclic amines) is 1. The first-order valence-corrected chi connectivity index (χ1v) is 6.50. The van der Waals surface area contributed by atoms with Crippen molar-refractivity contribution in [3.63, 3.8) is 0 Å². The molecule has 1 aromatic rings. The molecule has 1 aromatic carbocycles. The van der Waals surface area contributed by atoms with Gasteiger partial charge in [0.2, 0.25) is 0 Å². The summed E-state index contributed by atoms with van der Waals surface area (Å²) in [6.07, 6.45) is 3.18. The van der Waals surface area contributed by atoms with Crippen molar-refractivity contribution in [3.8, 4) is 0 Å². The largest absolute Gasteiger partial charge is 0.393 e. The SMILES string of the molecule is OC1CCN(C2(c3cc(F)cc(F)c3)CC2)CC1. The number of aliphatic hydroxyl groups is 1. The van der Waals surface area contributed by atoms with Gasteiger partial charge < -0.3 is 5.11 Å². The third kappa shape index (κ3) is 2.04. The molecule has 0 radical (unpaired) electrons. The molecule has 4 heteroatoms. The lowest BCUT2D eigenvalue weighted by atomic mass is 9.98. The summed E-state index contributed by atoms with van der Waals surface area (Å²) in [7, 11) is 0. The Balaban J connectivity index is 1.86. The maximum atomic E-state index is 13.3. The molecule has 0 spiro atoms. The molecule has 1 heterocycles. The Labute approximate surface area is 105 Å². The molecule has 0 aromatic heterocycles. The quantitative estimate of drug-likeness (QED) is 0.875. The summed E-state index contributed by atoms with van der Waals surface area (Å²) in [4.78, 5) is 2.27. The minimum Gasteiger partial charge on any atom is -0.393 e. The summed E-state index contributed by atoms with van der Waals surface area (Å²) < 4.78 is 26.6. The van der Waals surface area contributed by atoms with Crippen LogP contribution in [-0.4, -0.2) is 29.2 Å². The van der Waals surface area contributed by atoms with Gasteiger partial charge in [-0.05, 0) is 43.4 Å². The molecule has 2 aliphatic rings. The van der Waals surface area contributed by atoms with Crippen LogP contribution < -0.4 is 0 Å². The number of piperidine rings is 1. The van der Waals surface area contributed by atoms with Crippen LogP contribution in [0.15, 0.2) is 18.2 Å². The van der Waals surface area contributed by atoms with Crippen LogP contribution in [0.1, 0.15) is 31.2 Å². The van der Waals surface area contributed by atoms with E-state index in [0.717, 1.165) is 50.4 Å². The van der Waals surface area contributed by atoms with Crippen LogP contribution in [0.25, 0.3) is 0 Å². The first-order valence-electron chi connectivity index (χ1n) is 6.50. The molecule has 3 rings (SSSR count). The lowest BCUT2D eigenvalue weighted by Gasteiger charge is -2.37. The standard InChI is InChI=1S/C14H17F2NO/c15-11-7-10(8-12(16)9-11)14(3-4-14)17-5-1-13(18)2-6-17/h7-9,13,18H,1-6H2. The number of aliphatic hydroxyl groups excluding tert-OH is 1. The second kappa shape index (κ2) is 4.28. The highest BCUT2D eigenvalue weighted by atomic mass is 19.1. The van der Waals surface area contributed by atoms with E-state index in [0.29, 0.717) is 0 Å². The van der Waals surface area contributed by atoms with Crippen LogP contribution in [0.2, 0.25) is 0 Å². The molecule has 1 aliphatic heterocycles. The van der Waals surface area contributed by atoms with Crippen molar-refractivity contribution in [2.75, 3.05) is 13.1 Å². The predicted molar refractivity (Wildman–Crippen MR) is 64.1 cm³/mol. The van der Waals surface area contributed by atoms with E-state index in [1.165, 1.54) is 12.1 Å². The smallest absolute Gasteiger partial charge is 0.126 e. The first kappa shape index (κ1) is 12.1. The molecule has 1 aliphatic carbocycles. The lowest BCUT2D eigenvalue weighted by Crippen LogP contribution is -2.43. The van der Waals surface area contributed by atoms with Crippen molar-refractivity contribution in [1.29, 1.82) is 0 Å². The normalized spacial score (nSPS) is 24.2. The first-order chi connectivity index (χ1) is 8.60. The fourth-order valence-electron chi connectivity index (χ4n) is 3.02. The summed E-state index contributed by atoms with van der Waals surface area (Å²) >= 11 is 0. The Kier molecular flexibility index (Phi) is 2.87. The van der Waals surface area contributed by atoms with Crippen LogP contribution in [-0.2, 0) is 5.54 Å². The molecule has 18 heavy (non-hydrogen) atoms. The fourth-order valence-corrected chi connectivity index (χ4v) is 3.02. The molecule has 0 unspecified atom stereocenters. The van der Waals surface area contributed by atoms with Gasteiger partial charge in [0.15, 0.2) is 0 Å². The zero-order valence-electron chi connectivity index (χ0n) is 10.2. The van der Waals surface area contributed by atoms with Crippen LogP contribution in [0.4, 0.5) is 8.78 Å². The second-order valence-corrected chi connectivity index (χ2v) is 5.41. The van der Waals surface area contributed by atoms with Crippen LogP contribution in [0.5, 0.6) is 0 Å². The summed E-state index contributed by atoms with van der Waals surface area (Å²) in [5.74, 6) is -1.01. The van der Waals surface area contributed by atoms with Crippen molar-refractivity contribution in [3.05, 3.63) is 35.4 Å². The summed E-state index contributed by atoms with van der Waals surface area (Å²) in [6.45, 7) is 1.61. The molecule has 2 nitrogen and oxygen atoms in total. The molecule has 98 valence electrons. The second-order valence-electron chi connectivity index (χ2n) is 5.41. The molecular weight excluding hydrogens is 236 g/mol. The predicted octanol–water partition coefficient (Wildman–Crippen LogP) is 2.41. The third-order valence-corrected chi connectivity index (χ3v) is 4.19. The number of halogens is 2. The van der Waals surface area contributed by atoms with Gasteiger partial charge in [0.25, 0.3) is 0 Å². The zero-order chi connectivity index (χ0) is 12.8. The number of hydrogen-bond acceptors (Lipinski definition) is 2. The van der Waals surface area contributed by atoms with Gasteiger partial charge in [-0.2, -0.15) is 0 Å². The van der Waals surface area contributed by atoms with Crippen molar-refractivity contribution >= 4 is 0 Å². The molecule has 0 bridgehead atoms. The van der Waals surface area contributed by atoms with E-state index in [4.69, 9.17) is 0 Å². The van der Waals surface area contributed by atoms with Gasteiger partial charge in [-0.15, -0.1) is 0 Å². The Morgan fingerprint density at radius 3 is 2.11 bits per heavy atom. The Hall–Kier alpha value is -1.00. The minimum atomic E-state index is -0.506. The highest BCUT2D eigenvalue weighted by Gasteiger charge is 2.50. The van der Waals surface area contributed by atoms with E-state index in [1.807, 2.05) is 0 Å².